The lowest BCUT2D eigenvalue weighted by Gasteiger charge is -2.19. The summed E-state index contributed by atoms with van der Waals surface area (Å²) in [7, 11) is 0. The first kappa shape index (κ1) is 9.72. The molecule has 0 bridgehead atoms. The van der Waals surface area contributed by atoms with Crippen molar-refractivity contribution in [2.45, 2.75) is 20.3 Å². The second-order valence-corrected chi connectivity index (χ2v) is 3.70. The third-order valence-corrected chi connectivity index (χ3v) is 2.72. The molecule has 76 valence electrons. The van der Waals surface area contributed by atoms with Crippen molar-refractivity contribution < 1.29 is 9.53 Å². The highest BCUT2D eigenvalue weighted by molar-refractivity contribution is 6.01. The van der Waals surface area contributed by atoms with Crippen molar-refractivity contribution in [2.75, 3.05) is 6.61 Å². The first-order valence-corrected chi connectivity index (χ1v) is 4.85. The van der Waals surface area contributed by atoms with E-state index in [2.05, 4.69) is 6.07 Å². The first-order chi connectivity index (χ1) is 7.15. The zero-order chi connectivity index (χ0) is 11.0. The van der Waals surface area contributed by atoms with Crippen LogP contribution < -0.4 is 4.74 Å². The molecule has 0 saturated carbocycles. The van der Waals surface area contributed by atoms with Crippen molar-refractivity contribution in [2.24, 2.45) is 0 Å². The van der Waals surface area contributed by atoms with Gasteiger partial charge in [0.15, 0.2) is 5.78 Å². The van der Waals surface area contributed by atoms with Gasteiger partial charge in [-0.15, -0.1) is 0 Å². The van der Waals surface area contributed by atoms with E-state index in [4.69, 9.17) is 10.00 Å². The molecule has 0 radical (unpaired) electrons. The fourth-order valence-electron chi connectivity index (χ4n) is 1.96. The topological polar surface area (TPSA) is 50.1 Å². The summed E-state index contributed by atoms with van der Waals surface area (Å²) in [6.07, 6.45) is 0.405. The minimum absolute atomic E-state index is 0.0743. The van der Waals surface area contributed by atoms with Crippen LogP contribution in [0, 0.1) is 25.2 Å². The van der Waals surface area contributed by atoms with Crippen LogP contribution in [0.15, 0.2) is 6.07 Å². The van der Waals surface area contributed by atoms with E-state index in [9.17, 15) is 4.79 Å². The van der Waals surface area contributed by atoms with Gasteiger partial charge < -0.3 is 4.74 Å². The average molecular weight is 201 g/mol. The molecule has 0 N–H and O–H groups in total. The van der Waals surface area contributed by atoms with E-state index in [1.807, 2.05) is 6.92 Å². The Kier molecular flexibility index (Phi) is 2.20. The molecule has 1 aliphatic rings. The molecule has 0 unspecified atom stereocenters. The predicted octanol–water partition coefficient (Wildman–Crippen LogP) is 2.14. The van der Waals surface area contributed by atoms with Crippen LogP contribution in [0.5, 0.6) is 5.75 Å². The molecule has 3 nitrogen and oxygen atoms in total. The van der Waals surface area contributed by atoms with Crippen LogP contribution in [0.1, 0.15) is 33.5 Å². The molecular weight excluding hydrogens is 190 g/mol. The zero-order valence-corrected chi connectivity index (χ0v) is 8.76. The number of hydrogen-bond acceptors (Lipinski definition) is 3. The number of hydrogen-bond donors (Lipinski definition) is 0. The molecule has 3 heteroatoms. The highest BCUT2D eigenvalue weighted by Gasteiger charge is 2.23. The predicted molar refractivity (Wildman–Crippen MR) is 55.1 cm³/mol. The number of ketones is 1. The Morgan fingerprint density at radius 2 is 2.20 bits per heavy atom. The molecular formula is C12H11NO2. The lowest BCUT2D eigenvalue weighted by Crippen LogP contribution is -2.17. The van der Waals surface area contributed by atoms with Gasteiger partial charge in [0.05, 0.1) is 23.8 Å². The Bertz CT molecular complexity index is 483. The summed E-state index contributed by atoms with van der Waals surface area (Å²) in [5.74, 6) is 0.700. The zero-order valence-electron chi connectivity index (χ0n) is 8.76. The van der Waals surface area contributed by atoms with Crippen molar-refractivity contribution in [3.05, 3.63) is 28.3 Å². The van der Waals surface area contributed by atoms with E-state index in [1.54, 1.807) is 13.0 Å². The molecule has 2 rings (SSSR count). The van der Waals surface area contributed by atoms with Crippen LogP contribution in [0.3, 0.4) is 0 Å². The summed E-state index contributed by atoms with van der Waals surface area (Å²) in [6.45, 7) is 4.10. The molecule has 0 saturated heterocycles. The second kappa shape index (κ2) is 3.39. The number of carbonyl (C=O) groups is 1. The number of aryl methyl sites for hydroxylation is 1. The Hall–Kier alpha value is -1.82. The van der Waals surface area contributed by atoms with Gasteiger partial charge in [0.25, 0.3) is 0 Å². The summed E-state index contributed by atoms with van der Waals surface area (Å²) in [6, 6.07) is 3.90. The number of ether oxygens (including phenoxy) is 1. The molecule has 0 amide bonds. The third kappa shape index (κ3) is 1.39. The van der Waals surface area contributed by atoms with Gasteiger partial charge in [-0.1, -0.05) is 0 Å². The van der Waals surface area contributed by atoms with Crippen LogP contribution >= 0.6 is 0 Å². The maximum atomic E-state index is 11.7. The Morgan fingerprint density at radius 1 is 1.47 bits per heavy atom. The van der Waals surface area contributed by atoms with Crippen molar-refractivity contribution in [3.63, 3.8) is 0 Å². The molecule has 1 aromatic rings. The maximum Gasteiger partial charge on any atom is 0.170 e. The highest BCUT2D eigenvalue weighted by atomic mass is 16.5. The van der Waals surface area contributed by atoms with Gasteiger partial charge in [0.2, 0.25) is 0 Å². The molecule has 15 heavy (non-hydrogen) atoms. The number of carbonyl (C=O) groups excluding carboxylic acids is 1. The normalized spacial score (nSPS) is 14.1. The van der Waals surface area contributed by atoms with Crippen LogP contribution in [-0.2, 0) is 0 Å². The summed E-state index contributed by atoms with van der Waals surface area (Å²) in [5, 5.41) is 8.98. The number of nitrogens with zero attached hydrogens (tertiary/aromatic N) is 1. The van der Waals surface area contributed by atoms with E-state index in [-0.39, 0.29) is 5.78 Å². The number of fused-ring (bicyclic) bond motifs is 1. The molecule has 0 aliphatic carbocycles. The van der Waals surface area contributed by atoms with Crippen molar-refractivity contribution in [1.29, 1.82) is 5.26 Å². The van der Waals surface area contributed by atoms with Gasteiger partial charge in [-0.05, 0) is 31.0 Å². The minimum atomic E-state index is 0.0743. The Morgan fingerprint density at radius 3 is 2.87 bits per heavy atom. The molecule has 0 atom stereocenters. The largest absolute Gasteiger partial charge is 0.492 e. The number of nitriles is 1. The molecule has 0 fully saturated rings. The number of Topliss-reactive ketones (excluding diaryl/α,β-unsaturated/α-hetero) is 1. The minimum Gasteiger partial charge on any atom is -0.492 e. The van der Waals surface area contributed by atoms with Crippen molar-refractivity contribution >= 4 is 5.78 Å². The monoisotopic (exact) mass is 201 g/mol. The average Bonchev–Trinajstić information content (AvgIpc) is 2.17. The molecule has 0 spiro atoms. The van der Waals surface area contributed by atoms with Crippen molar-refractivity contribution in [3.8, 4) is 11.8 Å². The SMILES string of the molecule is Cc1cc2c(c(C)c1C#N)C(=O)CCO2. The molecule has 0 aromatic heterocycles. The summed E-state index contributed by atoms with van der Waals surface area (Å²) in [4.78, 5) is 11.7. The van der Waals surface area contributed by atoms with Crippen molar-refractivity contribution in [1.82, 2.24) is 0 Å². The summed E-state index contributed by atoms with van der Waals surface area (Å²) >= 11 is 0. The molecule has 1 heterocycles. The van der Waals surface area contributed by atoms with E-state index in [0.717, 1.165) is 11.1 Å². The molecule has 1 aliphatic heterocycles. The van der Waals surface area contributed by atoms with Crippen LogP contribution in [0.25, 0.3) is 0 Å². The van der Waals surface area contributed by atoms with E-state index in [0.29, 0.717) is 29.9 Å². The number of benzene rings is 1. The third-order valence-electron chi connectivity index (χ3n) is 2.72. The highest BCUT2D eigenvalue weighted by Crippen LogP contribution is 2.31. The fraction of sp³-hybridized carbons (Fsp3) is 0.333. The van der Waals surface area contributed by atoms with E-state index < -0.39 is 0 Å². The Labute approximate surface area is 88.3 Å². The van der Waals surface area contributed by atoms with Gasteiger partial charge in [0.1, 0.15) is 5.75 Å². The summed E-state index contributed by atoms with van der Waals surface area (Å²) in [5.41, 5.74) is 2.79. The first-order valence-electron chi connectivity index (χ1n) is 4.85. The van der Waals surface area contributed by atoms with Crippen LogP contribution in [-0.4, -0.2) is 12.4 Å². The molecule has 1 aromatic carbocycles. The number of rotatable bonds is 0. The van der Waals surface area contributed by atoms with Gasteiger partial charge >= 0.3 is 0 Å². The lowest BCUT2D eigenvalue weighted by atomic mass is 9.93. The summed E-state index contributed by atoms with van der Waals surface area (Å²) < 4.78 is 5.42. The van der Waals surface area contributed by atoms with Gasteiger partial charge in [-0.3, -0.25) is 4.79 Å². The second-order valence-electron chi connectivity index (χ2n) is 3.70. The Balaban J connectivity index is 2.74. The van der Waals surface area contributed by atoms with Crippen LogP contribution in [0.4, 0.5) is 0 Å². The smallest absolute Gasteiger partial charge is 0.170 e. The van der Waals surface area contributed by atoms with E-state index in [1.165, 1.54) is 0 Å². The van der Waals surface area contributed by atoms with Crippen LogP contribution in [0.2, 0.25) is 0 Å². The maximum absolute atomic E-state index is 11.7. The van der Waals surface area contributed by atoms with E-state index >= 15 is 0 Å². The fourth-order valence-corrected chi connectivity index (χ4v) is 1.96. The van der Waals surface area contributed by atoms with Gasteiger partial charge in [0, 0.05) is 6.42 Å². The van der Waals surface area contributed by atoms with Gasteiger partial charge in [-0.2, -0.15) is 5.26 Å². The van der Waals surface area contributed by atoms with Gasteiger partial charge in [-0.25, -0.2) is 0 Å². The quantitative estimate of drug-likeness (QED) is 0.646. The standard InChI is InChI=1S/C12H11NO2/c1-7-5-11-12(8(2)9(7)6-13)10(14)3-4-15-11/h5H,3-4H2,1-2H3. The lowest BCUT2D eigenvalue weighted by molar-refractivity contribution is 0.0932.